The average Bonchev–Trinajstić information content (AvgIpc) is 2.83. The standard InChI is InChI=1S/C17H16N2O2/c18-10-17-8-6-11(7-9-17)13-14(17)16(21)19(15(13)20)12-4-2-1-3-5-12/h1-5,11,13-14H,6-9H2/t11?,13-,14+,17?/m1/s1. The Morgan fingerprint density at radius 2 is 1.76 bits per heavy atom. The summed E-state index contributed by atoms with van der Waals surface area (Å²) in [5.41, 5.74) is 0.0183. The van der Waals surface area contributed by atoms with Crippen LogP contribution in [0.15, 0.2) is 30.3 Å². The van der Waals surface area contributed by atoms with Crippen molar-refractivity contribution in [1.29, 1.82) is 5.26 Å². The third-order valence-corrected chi connectivity index (χ3v) is 5.61. The fraction of sp³-hybridized carbons (Fsp3) is 0.471. The minimum Gasteiger partial charge on any atom is -0.274 e. The zero-order valence-electron chi connectivity index (χ0n) is 11.7. The molecule has 2 atom stereocenters. The van der Waals surface area contributed by atoms with Crippen LogP contribution >= 0.6 is 0 Å². The average molecular weight is 280 g/mol. The second-order valence-corrected chi connectivity index (χ2v) is 6.46. The molecule has 2 amide bonds. The van der Waals surface area contributed by atoms with Crippen LogP contribution in [0.5, 0.6) is 0 Å². The lowest BCUT2D eigenvalue weighted by Gasteiger charge is -2.48. The molecular weight excluding hydrogens is 264 g/mol. The molecule has 2 bridgehead atoms. The summed E-state index contributed by atoms with van der Waals surface area (Å²) in [6.07, 6.45) is 3.32. The number of carbonyl (C=O) groups is 2. The number of nitriles is 1. The highest BCUT2D eigenvalue weighted by Crippen LogP contribution is 2.59. The summed E-state index contributed by atoms with van der Waals surface area (Å²) in [6, 6.07) is 11.5. The second-order valence-electron chi connectivity index (χ2n) is 6.46. The minimum absolute atomic E-state index is 0.0970. The van der Waals surface area contributed by atoms with Crippen LogP contribution in [-0.2, 0) is 9.59 Å². The summed E-state index contributed by atoms with van der Waals surface area (Å²) in [6.45, 7) is 0. The van der Waals surface area contributed by atoms with Crippen molar-refractivity contribution in [3.63, 3.8) is 0 Å². The molecule has 0 radical (unpaired) electrons. The predicted octanol–water partition coefficient (Wildman–Crippen LogP) is 2.51. The van der Waals surface area contributed by atoms with Gasteiger partial charge in [0.2, 0.25) is 11.8 Å². The predicted molar refractivity (Wildman–Crippen MR) is 75.9 cm³/mol. The molecule has 3 aliphatic carbocycles. The van der Waals surface area contributed by atoms with Crippen molar-refractivity contribution in [3.8, 4) is 6.07 Å². The van der Waals surface area contributed by atoms with Gasteiger partial charge in [-0.1, -0.05) is 18.2 Å². The number of amides is 2. The first-order valence-electron chi connectivity index (χ1n) is 7.52. The molecule has 0 unspecified atom stereocenters. The number of carbonyl (C=O) groups excluding carboxylic acids is 2. The Kier molecular flexibility index (Phi) is 2.50. The van der Waals surface area contributed by atoms with Gasteiger partial charge in [0.1, 0.15) is 0 Å². The summed E-state index contributed by atoms with van der Waals surface area (Å²) in [5, 5.41) is 9.64. The van der Waals surface area contributed by atoms with Gasteiger partial charge in [0.15, 0.2) is 0 Å². The number of benzene rings is 1. The monoisotopic (exact) mass is 280 g/mol. The van der Waals surface area contributed by atoms with E-state index >= 15 is 0 Å². The van der Waals surface area contributed by atoms with Gasteiger partial charge in [0.05, 0.1) is 29.0 Å². The van der Waals surface area contributed by atoms with Crippen molar-refractivity contribution in [2.75, 3.05) is 4.90 Å². The lowest BCUT2D eigenvalue weighted by atomic mass is 9.52. The molecule has 4 aliphatic rings. The number of hydrogen-bond acceptors (Lipinski definition) is 3. The summed E-state index contributed by atoms with van der Waals surface area (Å²) < 4.78 is 0. The van der Waals surface area contributed by atoms with E-state index in [-0.39, 0.29) is 23.7 Å². The Labute approximate surface area is 123 Å². The van der Waals surface area contributed by atoms with Gasteiger partial charge >= 0.3 is 0 Å². The molecule has 1 aliphatic heterocycles. The molecule has 1 heterocycles. The van der Waals surface area contributed by atoms with Gasteiger partial charge in [-0.2, -0.15) is 5.26 Å². The molecule has 0 N–H and O–H groups in total. The van der Waals surface area contributed by atoms with Crippen molar-refractivity contribution in [2.24, 2.45) is 23.2 Å². The third-order valence-electron chi connectivity index (χ3n) is 5.61. The fourth-order valence-electron chi connectivity index (χ4n) is 4.59. The van der Waals surface area contributed by atoms with Crippen molar-refractivity contribution < 1.29 is 9.59 Å². The summed E-state index contributed by atoms with van der Waals surface area (Å²) in [7, 11) is 0. The summed E-state index contributed by atoms with van der Waals surface area (Å²) in [5.74, 6) is -0.694. The maximum atomic E-state index is 12.9. The highest BCUT2D eigenvalue weighted by atomic mass is 16.2. The number of nitrogens with zero attached hydrogens (tertiary/aromatic N) is 2. The van der Waals surface area contributed by atoms with Gasteiger partial charge in [-0.05, 0) is 43.7 Å². The topological polar surface area (TPSA) is 61.2 Å². The highest BCUT2D eigenvalue weighted by molar-refractivity contribution is 6.22. The number of rotatable bonds is 1. The lowest BCUT2D eigenvalue weighted by Crippen LogP contribution is -2.49. The zero-order chi connectivity index (χ0) is 14.6. The molecule has 4 heteroatoms. The first-order chi connectivity index (χ1) is 10.2. The van der Waals surface area contributed by atoms with Crippen LogP contribution in [0.1, 0.15) is 25.7 Å². The normalized spacial score (nSPS) is 37.5. The zero-order valence-corrected chi connectivity index (χ0v) is 11.7. The van der Waals surface area contributed by atoms with E-state index in [1.165, 1.54) is 4.90 Å². The van der Waals surface area contributed by atoms with Crippen molar-refractivity contribution in [3.05, 3.63) is 30.3 Å². The Morgan fingerprint density at radius 1 is 1.10 bits per heavy atom. The van der Waals surface area contributed by atoms with Gasteiger partial charge in [0, 0.05) is 0 Å². The lowest BCUT2D eigenvalue weighted by molar-refractivity contribution is -0.133. The summed E-state index contributed by atoms with van der Waals surface area (Å²) >= 11 is 0. The molecule has 106 valence electrons. The maximum absolute atomic E-state index is 12.9. The fourth-order valence-corrected chi connectivity index (χ4v) is 4.59. The molecule has 4 nitrogen and oxygen atoms in total. The van der Waals surface area contributed by atoms with Crippen LogP contribution < -0.4 is 4.90 Å². The SMILES string of the molecule is N#CC12CCC(CC1)[C@H]1C(=O)N(c3ccccc3)C(=O)[C@H]12. The van der Waals surface area contributed by atoms with E-state index in [9.17, 15) is 14.9 Å². The minimum atomic E-state index is -0.615. The number of hydrogen-bond donors (Lipinski definition) is 0. The van der Waals surface area contributed by atoms with Crippen molar-refractivity contribution >= 4 is 17.5 Å². The van der Waals surface area contributed by atoms with Gasteiger partial charge in [-0.25, -0.2) is 4.90 Å². The molecule has 21 heavy (non-hydrogen) atoms. The molecule has 1 aromatic rings. The van der Waals surface area contributed by atoms with Crippen LogP contribution in [-0.4, -0.2) is 11.8 Å². The van der Waals surface area contributed by atoms with E-state index < -0.39 is 11.3 Å². The number of fused-ring (bicyclic) bond motifs is 2. The smallest absolute Gasteiger partial charge is 0.239 e. The van der Waals surface area contributed by atoms with Crippen LogP contribution in [0, 0.1) is 34.5 Å². The van der Waals surface area contributed by atoms with Gasteiger partial charge in [-0.3, -0.25) is 9.59 Å². The number of para-hydroxylation sites is 1. The molecule has 1 aromatic carbocycles. The Balaban J connectivity index is 1.81. The Hall–Kier alpha value is -2.15. The quantitative estimate of drug-likeness (QED) is 0.743. The molecule has 4 fully saturated rings. The third kappa shape index (κ3) is 1.49. The van der Waals surface area contributed by atoms with Gasteiger partial charge in [0.25, 0.3) is 0 Å². The molecular formula is C17H16N2O2. The van der Waals surface area contributed by atoms with E-state index in [2.05, 4.69) is 6.07 Å². The van der Waals surface area contributed by atoms with E-state index in [0.29, 0.717) is 5.69 Å². The van der Waals surface area contributed by atoms with Crippen LogP contribution in [0.3, 0.4) is 0 Å². The molecule has 0 aromatic heterocycles. The maximum Gasteiger partial charge on any atom is 0.239 e. The van der Waals surface area contributed by atoms with E-state index in [1.807, 2.05) is 18.2 Å². The molecule has 3 saturated carbocycles. The van der Waals surface area contributed by atoms with Gasteiger partial charge < -0.3 is 0 Å². The van der Waals surface area contributed by atoms with E-state index in [4.69, 9.17) is 0 Å². The molecule has 5 rings (SSSR count). The van der Waals surface area contributed by atoms with E-state index in [1.54, 1.807) is 12.1 Å². The first kappa shape index (κ1) is 12.6. The van der Waals surface area contributed by atoms with Crippen LogP contribution in [0.25, 0.3) is 0 Å². The Morgan fingerprint density at radius 3 is 2.38 bits per heavy atom. The number of anilines is 1. The van der Waals surface area contributed by atoms with Crippen molar-refractivity contribution in [2.45, 2.75) is 25.7 Å². The highest BCUT2D eigenvalue weighted by Gasteiger charge is 2.64. The molecule has 0 spiro atoms. The Bertz CT molecular complexity index is 653. The van der Waals surface area contributed by atoms with Crippen LogP contribution in [0.4, 0.5) is 5.69 Å². The second kappa shape index (κ2) is 4.17. The van der Waals surface area contributed by atoms with Crippen LogP contribution in [0.2, 0.25) is 0 Å². The van der Waals surface area contributed by atoms with Crippen molar-refractivity contribution in [1.82, 2.24) is 0 Å². The largest absolute Gasteiger partial charge is 0.274 e. The first-order valence-corrected chi connectivity index (χ1v) is 7.52. The van der Waals surface area contributed by atoms with Gasteiger partial charge in [-0.15, -0.1) is 0 Å². The number of imide groups is 1. The van der Waals surface area contributed by atoms with E-state index in [0.717, 1.165) is 25.7 Å². The molecule has 1 saturated heterocycles. The summed E-state index contributed by atoms with van der Waals surface area (Å²) in [4.78, 5) is 27.0.